The molecule has 35 heavy (non-hydrogen) atoms. The Kier molecular flexibility index (Phi) is 6.10. The van der Waals surface area contributed by atoms with E-state index in [4.69, 9.17) is 0 Å². The van der Waals surface area contributed by atoms with E-state index in [1.54, 1.807) is 10.9 Å². The average Bonchev–Trinajstić information content (AvgIpc) is 3.28. The largest absolute Gasteiger partial charge is 0.433 e. The third-order valence-electron chi connectivity index (χ3n) is 6.59. The first-order valence-corrected chi connectivity index (χ1v) is 11.4. The molecule has 1 aliphatic heterocycles. The van der Waals surface area contributed by atoms with Crippen LogP contribution in [0, 0.1) is 0 Å². The van der Waals surface area contributed by atoms with E-state index < -0.39 is 11.9 Å². The molecule has 8 nitrogen and oxygen atoms in total. The first-order chi connectivity index (χ1) is 16.8. The summed E-state index contributed by atoms with van der Waals surface area (Å²) in [5, 5.41) is 15.4. The maximum Gasteiger partial charge on any atom is 0.433 e. The van der Waals surface area contributed by atoms with Gasteiger partial charge in [-0.25, -0.2) is 9.97 Å². The molecular formula is C24H25F3N8. The molecule has 0 amide bonds. The Balaban J connectivity index is 1.33. The van der Waals surface area contributed by atoms with Gasteiger partial charge in [-0.2, -0.15) is 18.3 Å². The highest BCUT2D eigenvalue weighted by Gasteiger charge is 2.36. The molecule has 0 bridgehead atoms. The fourth-order valence-electron chi connectivity index (χ4n) is 4.76. The van der Waals surface area contributed by atoms with E-state index in [1.165, 1.54) is 6.20 Å². The minimum atomic E-state index is -4.50. The van der Waals surface area contributed by atoms with Crippen molar-refractivity contribution in [3.63, 3.8) is 0 Å². The predicted octanol–water partition coefficient (Wildman–Crippen LogP) is 3.94. The van der Waals surface area contributed by atoms with Gasteiger partial charge in [-0.15, -0.1) is 10.2 Å². The van der Waals surface area contributed by atoms with Gasteiger partial charge in [0.2, 0.25) is 0 Å². The first kappa shape index (κ1) is 23.2. The fourth-order valence-corrected chi connectivity index (χ4v) is 4.76. The van der Waals surface area contributed by atoms with Gasteiger partial charge in [-0.3, -0.25) is 9.58 Å². The smallest absolute Gasteiger partial charge is 0.354 e. The maximum absolute atomic E-state index is 13.3. The van der Waals surface area contributed by atoms with Crippen molar-refractivity contribution in [1.29, 1.82) is 0 Å². The van der Waals surface area contributed by atoms with Crippen LogP contribution in [0.15, 0.2) is 49.1 Å². The number of rotatable bonds is 5. The van der Waals surface area contributed by atoms with Crippen LogP contribution in [0.3, 0.4) is 0 Å². The number of hydrogen-bond donors (Lipinski definition) is 0. The lowest BCUT2D eigenvalue weighted by atomic mass is 10.0. The SMILES string of the molecule is CN(Cc1cncnc1C(F)(F)F)C1CCN(c2nnc(-c3ccnn3C)c3ccccc23)CC1. The Bertz CT molecular complexity index is 1330. The Hall–Kier alpha value is -3.60. The molecule has 1 aromatic carbocycles. The molecule has 1 saturated heterocycles. The molecule has 1 fully saturated rings. The van der Waals surface area contributed by atoms with Crippen LogP contribution >= 0.6 is 0 Å². The molecule has 4 heterocycles. The van der Waals surface area contributed by atoms with E-state index in [-0.39, 0.29) is 18.2 Å². The molecule has 182 valence electrons. The van der Waals surface area contributed by atoms with Crippen LogP contribution in [-0.2, 0) is 19.8 Å². The van der Waals surface area contributed by atoms with Crippen molar-refractivity contribution in [2.45, 2.75) is 31.6 Å². The van der Waals surface area contributed by atoms with E-state index in [1.807, 2.05) is 49.3 Å². The molecule has 1 aliphatic rings. The topological polar surface area (TPSA) is 75.9 Å². The third-order valence-corrected chi connectivity index (χ3v) is 6.59. The lowest BCUT2D eigenvalue weighted by Gasteiger charge is -2.37. The van der Waals surface area contributed by atoms with Crippen LogP contribution in [0.25, 0.3) is 22.2 Å². The van der Waals surface area contributed by atoms with Crippen LogP contribution in [0.4, 0.5) is 19.0 Å². The molecular weight excluding hydrogens is 457 g/mol. The monoisotopic (exact) mass is 482 g/mol. The summed E-state index contributed by atoms with van der Waals surface area (Å²) in [6.45, 7) is 1.61. The molecule has 0 radical (unpaired) electrons. The zero-order chi connectivity index (χ0) is 24.6. The van der Waals surface area contributed by atoms with Gasteiger partial charge in [0.1, 0.15) is 12.0 Å². The summed E-state index contributed by atoms with van der Waals surface area (Å²) in [6, 6.07) is 10.1. The van der Waals surface area contributed by atoms with Crippen molar-refractivity contribution in [3.05, 3.63) is 60.3 Å². The van der Waals surface area contributed by atoms with Crippen LogP contribution in [-0.4, -0.2) is 61.0 Å². The quantitative estimate of drug-likeness (QED) is 0.427. The number of piperidine rings is 1. The number of aryl methyl sites for hydroxylation is 1. The van der Waals surface area contributed by atoms with Crippen LogP contribution in [0.5, 0.6) is 0 Å². The summed E-state index contributed by atoms with van der Waals surface area (Å²) in [4.78, 5) is 11.4. The Morgan fingerprint density at radius 1 is 1.06 bits per heavy atom. The number of benzene rings is 1. The molecule has 0 atom stereocenters. The minimum Gasteiger partial charge on any atom is -0.354 e. The number of fused-ring (bicyclic) bond motifs is 1. The Labute approximate surface area is 200 Å². The normalized spacial score (nSPS) is 15.3. The third kappa shape index (κ3) is 4.55. The van der Waals surface area contributed by atoms with Crippen LogP contribution < -0.4 is 4.90 Å². The number of hydrogen-bond acceptors (Lipinski definition) is 7. The second-order valence-electron chi connectivity index (χ2n) is 8.79. The second kappa shape index (κ2) is 9.21. The van der Waals surface area contributed by atoms with E-state index in [9.17, 15) is 13.2 Å². The van der Waals surface area contributed by atoms with E-state index in [0.29, 0.717) is 0 Å². The molecule has 11 heteroatoms. The second-order valence-corrected chi connectivity index (χ2v) is 8.79. The summed E-state index contributed by atoms with van der Waals surface area (Å²) in [6.07, 6.45) is 1.03. The first-order valence-electron chi connectivity index (χ1n) is 11.4. The minimum absolute atomic E-state index is 0.0903. The van der Waals surface area contributed by atoms with Crippen molar-refractivity contribution in [1.82, 2.24) is 34.8 Å². The van der Waals surface area contributed by atoms with Gasteiger partial charge in [0, 0.05) is 61.5 Å². The highest BCUT2D eigenvalue weighted by molar-refractivity contribution is 5.99. The summed E-state index contributed by atoms with van der Waals surface area (Å²) in [7, 11) is 3.73. The molecule has 3 aromatic heterocycles. The number of alkyl halides is 3. The summed E-state index contributed by atoms with van der Waals surface area (Å²) < 4.78 is 41.7. The van der Waals surface area contributed by atoms with Gasteiger partial charge < -0.3 is 4.90 Å². The highest BCUT2D eigenvalue weighted by atomic mass is 19.4. The van der Waals surface area contributed by atoms with Gasteiger partial charge >= 0.3 is 6.18 Å². The van der Waals surface area contributed by atoms with E-state index in [2.05, 4.69) is 30.2 Å². The van der Waals surface area contributed by atoms with Gasteiger partial charge in [-0.05, 0) is 26.0 Å². The summed E-state index contributed by atoms with van der Waals surface area (Å²) in [5.41, 5.74) is 0.896. The maximum atomic E-state index is 13.3. The fraction of sp³-hybridized carbons (Fsp3) is 0.375. The molecule has 4 aromatic rings. The van der Waals surface area contributed by atoms with E-state index >= 15 is 0 Å². The molecule has 5 rings (SSSR count). The number of nitrogens with zero attached hydrogens (tertiary/aromatic N) is 8. The van der Waals surface area contributed by atoms with Crippen LogP contribution in [0.1, 0.15) is 24.1 Å². The van der Waals surface area contributed by atoms with Crippen LogP contribution in [0.2, 0.25) is 0 Å². The Morgan fingerprint density at radius 3 is 2.49 bits per heavy atom. The summed E-state index contributed by atoms with van der Waals surface area (Å²) >= 11 is 0. The molecule has 0 spiro atoms. The lowest BCUT2D eigenvalue weighted by Crippen LogP contribution is -2.43. The van der Waals surface area contributed by atoms with Gasteiger partial charge in [0.15, 0.2) is 11.5 Å². The van der Waals surface area contributed by atoms with Crippen molar-refractivity contribution in [2.24, 2.45) is 7.05 Å². The van der Waals surface area contributed by atoms with Crippen molar-refractivity contribution in [2.75, 3.05) is 25.0 Å². The highest BCUT2D eigenvalue weighted by Crippen LogP contribution is 2.33. The van der Waals surface area contributed by atoms with Gasteiger partial charge in [0.05, 0.1) is 5.69 Å². The molecule has 0 aliphatic carbocycles. The zero-order valence-electron chi connectivity index (χ0n) is 19.4. The molecule has 0 saturated carbocycles. The van der Waals surface area contributed by atoms with Gasteiger partial charge in [0.25, 0.3) is 0 Å². The lowest BCUT2D eigenvalue weighted by molar-refractivity contribution is -0.142. The van der Waals surface area contributed by atoms with Crippen molar-refractivity contribution < 1.29 is 13.2 Å². The average molecular weight is 483 g/mol. The predicted molar refractivity (Wildman–Crippen MR) is 125 cm³/mol. The zero-order valence-corrected chi connectivity index (χ0v) is 19.4. The number of aromatic nitrogens is 6. The molecule has 0 unspecified atom stereocenters. The standard InChI is InChI=1S/C24H25F3N8/c1-33(14-16-13-28-15-29-22(16)24(25,26)27)17-8-11-35(12-9-17)23-19-6-4-3-5-18(19)21(31-32-23)20-7-10-30-34(20)2/h3-7,10,13,15,17H,8-9,11-12,14H2,1-2H3. The van der Waals surface area contributed by atoms with Crippen molar-refractivity contribution >= 4 is 16.6 Å². The number of anilines is 1. The number of halogens is 3. The molecule has 0 N–H and O–H groups in total. The van der Waals surface area contributed by atoms with E-state index in [0.717, 1.165) is 60.2 Å². The Morgan fingerprint density at radius 2 is 1.80 bits per heavy atom. The summed E-state index contributed by atoms with van der Waals surface area (Å²) in [5.74, 6) is 0.823. The van der Waals surface area contributed by atoms with Crippen molar-refractivity contribution in [3.8, 4) is 11.4 Å². The van der Waals surface area contributed by atoms with Gasteiger partial charge in [-0.1, -0.05) is 24.3 Å².